The molecule has 0 aliphatic carbocycles. The fourth-order valence-electron chi connectivity index (χ4n) is 1.89. The highest BCUT2D eigenvalue weighted by Gasteiger charge is 2.21. The normalized spacial score (nSPS) is 14.0. The summed E-state index contributed by atoms with van der Waals surface area (Å²) in [5, 5.41) is 12.7. The summed E-state index contributed by atoms with van der Waals surface area (Å²) in [5.41, 5.74) is -0.991. The van der Waals surface area contributed by atoms with Crippen molar-refractivity contribution in [3.05, 3.63) is 35.4 Å². The lowest BCUT2D eigenvalue weighted by atomic mass is 9.95. The van der Waals surface area contributed by atoms with Crippen LogP contribution in [0, 0.1) is 17.6 Å². The number of aliphatic hydroxyl groups is 1. The Balaban J connectivity index is 2.48. The summed E-state index contributed by atoms with van der Waals surface area (Å²) in [6, 6.07) is 3.01. The van der Waals surface area contributed by atoms with Crippen LogP contribution in [0.1, 0.15) is 39.2 Å². The van der Waals surface area contributed by atoms with E-state index in [1.54, 1.807) is 6.92 Å². The summed E-state index contributed by atoms with van der Waals surface area (Å²) in [7, 11) is 0. The minimum Gasteiger partial charge on any atom is -0.388 e. The van der Waals surface area contributed by atoms with Gasteiger partial charge in [-0.15, -0.1) is 0 Å². The molecule has 1 unspecified atom stereocenters. The van der Waals surface area contributed by atoms with Gasteiger partial charge in [-0.1, -0.05) is 13.8 Å². The Hall–Kier alpha value is -1.49. The number of carbonyl (C=O) groups excluding carboxylic acids is 1. The summed E-state index contributed by atoms with van der Waals surface area (Å²) in [6.07, 6.45) is 1.17. The van der Waals surface area contributed by atoms with Gasteiger partial charge in [0.15, 0.2) is 0 Å². The predicted molar refractivity (Wildman–Crippen MR) is 77.8 cm³/mol. The molecule has 0 aliphatic heterocycles. The van der Waals surface area contributed by atoms with E-state index in [1.807, 2.05) is 0 Å². The second-order valence-corrected chi connectivity index (χ2v) is 6.12. The summed E-state index contributed by atoms with van der Waals surface area (Å²) >= 11 is 0. The number of carbonyl (C=O) groups is 1. The van der Waals surface area contributed by atoms with Crippen molar-refractivity contribution < 1.29 is 18.7 Å². The van der Waals surface area contributed by atoms with Gasteiger partial charge in [0.2, 0.25) is 5.91 Å². The molecule has 0 heterocycles. The van der Waals surface area contributed by atoms with E-state index in [1.165, 1.54) is 0 Å². The molecule has 0 saturated heterocycles. The fraction of sp³-hybridized carbons (Fsp3) is 0.562. The monoisotopic (exact) mass is 299 g/mol. The van der Waals surface area contributed by atoms with Crippen LogP contribution in [0.2, 0.25) is 0 Å². The maximum absolute atomic E-state index is 13.4. The van der Waals surface area contributed by atoms with Crippen molar-refractivity contribution in [2.75, 3.05) is 6.54 Å². The largest absolute Gasteiger partial charge is 0.388 e. The van der Waals surface area contributed by atoms with Crippen LogP contribution in [0.15, 0.2) is 18.2 Å². The molecular formula is C16H23F2NO2. The minimum absolute atomic E-state index is 0.00863. The zero-order chi connectivity index (χ0) is 16.0. The van der Waals surface area contributed by atoms with Crippen LogP contribution >= 0.6 is 0 Å². The molecule has 1 aromatic rings. The van der Waals surface area contributed by atoms with Gasteiger partial charge in [-0.05, 0) is 43.9 Å². The van der Waals surface area contributed by atoms with Crippen molar-refractivity contribution in [3.63, 3.8) is 0 Å². The molecule has 0 aliphatic rings. The lowest BCUT2D eigenvalue weighted by molar-refractivity contribution is -0.121. The molecule has 21 heavy (non-hydrogen) atoms. The third kappa shape index (κ3) is 6.67. The van der Waals surface area contributed by atoms with E-state index in [4.69, 9.17) is 0 Å². The molecule has 0 saturated carbocycles. The predicted octanol–water partition coefficient (Wildman–Crippen LogP) is 2.81. The molecule has 0 aromatic heterocycles. The van der Waals surface area contributed by atoms with Crippen LogP contribution in [0.5, 0.6) is 0 Å². The number of amides is 1. The van der Waals surface area contributed by atoms with Crippen molar-refractivity contribution in [1.29, 1.82) is 0 Å². The van der Waals surface area contributed by atoms with E-state index < -0.39 is 23.1 Å². The number of hydrogen-bond acceptors (Lipinski definition) is 2. The number of halogens is 2. The van der Waals surface area contributed by atoms with E-state index in [9.17, 15) is 18.7 Å². The third-order valence-electron chi connectivity index (χ3n) is 3.29. The van der Waals surface area contributed by atoms with Crippen molar-refractivity contribution in [2.45, 2.75) is 45.6 Å². The average Bonchev–Trinajstić information content (AvgIpc) is 2.39. The van der Waals surface area contributed by atoms with Crippen molar-refractivity contribution in [3.8, 4) is 0 Å². The van der Waals surface area contributed by atoms with Gasteiger partial charge in [0, 0.05) is 12.1 Å². The standard InChI is InChI=1S/C16H23F2NO2/c1-11(2)6-7-16(3,21)10-19-15(20)9-12-8-13(17)4-5-14(12)18/h4-5,8,11,21H,6-7,9-10H2,1-3H3,(H,19,20). The molecule has 1 rings (SSSR count). The minimum atomic E-state index is -1.000. The van der Waals surface area contributed by atoms with Crippen LogP contribution in [-0.2, 0) is 11.2 Å². The van der Waals surface area contributed by atoms with E-state index in [0.29, 0.717) is 12.3 Å². The Bertz CT molecular complexity index is 487. The Morgan fingerprint density at radius 3 is 2.67 bits per heavy atom. The maximum atomic E-state index is 13.4. The van der Waals surface area contributed by atoms with Crippen LogP contribution in [0.3, 0.4) is 0 Å². The van der Waals surface area contributed by atoms with E-state index in [2.05, 4.69) is 19.2 Å². The number of rotatable bonds is 7. The fourth-order valence-corrected chi connectivity index (χ4v) is 1.89. The summed E-state index contributed by atoms with van der Waals surface area (Å²) < 4.78 is 26.4. The van der Waals surface area contributed by atoms with Crippen molar-refractivity contribution in [2.24, 2.45) is 5.92 Å². The van der Waals surface area contributed by atoms with E-state index in [0.717, 1.165) is 24.6 Å². The summed E-state index contributed by atoms with van der Waals surface area (Å²) in [4.78, 5) is 11.7. The maximum Gasteiger partial charge on any atom is 0.224 e. The second-order valence-electron chi connectivity index (χ2n) is 6.12. The van der Waals surface area contributed by atoms with Crippen LogP contribution in [0.25, 0.3) is 0 Å². The number of nitrogens with one attached hydrogen (secondary N) is 1. The first-order valence-electron chi connectivity index (χ1n) is 7.12. The lowest BCUT2D eigenvalue weighted by Gasteiger charge is -2.24. The van der Waals surface area contributed by atoms with Gasteiger partial charge in [0.1, 0.15) is 11.6 Å². The van der Waals surface area contributed by atoms with Gasteiger partial charge >= 0.3 is 0 Å². The quantitative estimate of drug-likeness (QED) is 0.813. The van der Waals surface area contributed by atoms with E-state index >= 15 is 0 Å². The Morgan fingerprint density at radius 2 is 2.05 bits per heavy atom. The van der Waals surface area contributed by atoms with Crippen molar-refractivity contribution >= 4 is 5.91 Å². The van der Waals surface area contributed by atoms with Gasteiger partial charge in [0.05, 0.1) is 12.0 Å². The SMILES string of the molecule is CC(C)CCC(C)(O)CNC(=O)Cc1cc(F)ccc1F. The van der Waals surface area contributed by atoms with Gasteiger partial charge in [-0.25, -0.2) is 8.78 Å². The topological polar surface area (TPSA) is 49.3 Å². The summed E-state index contributed by atoms with van der Waals surface area (Å²) in [5.74, 6) is -1.17. The molecule has 0 radical (unpaired) electrons. The number of benzene rings is 1. The molecule has 0 fully saturated rings. The number of hydrogen-bond donors (Lipinski definition) is 2. The molecule has 2 N–H and O–H groups in total. The average molecular weight is 299 g/mol. The Kier molecular flexibility index (Phi) is 6.27. The zero-order valence-corrected chi connectivity index (χ0v) is 12.7. The van der Waals surface area contributed by atoms with E-state index in [-0.39, 0.29) is 18.5 Å². The van der Waals surface area contributed by atoms with Crippen LogP contribution < -0.4 is 5.32 Å². The molecule has 1 aromatic carbocycles. The molecule has 0 bridgehead atoms. The highest BCUT2D eigenvalue weighted by atomic mass is 19.1. The lowest BCUT2D eigenvalue weighted by Crippen LogP contribution is -2.41. The third-order valence-corrected chi connectivity index (χ3v) is 3.29. The molecule has 118 valence electrons. The van der Waals surface area contributed by atoms with Crippen LogP contribution in [0.4, 0.5) is 8.78 Å². The first-order chi connectivity index (χ1) is 9.69. The Morgan fingerprint density at radius 1 is 1.38 bits per heavy atom. The first-order valence-corrected chi connectivity index (χ1v) is 7.12. The molecular weight excluding hydrogens is 276 g/mol. The van der Waals surface area contributed by atoms with Gasteiger partial charge in [-0.3, -0.25) is 4.79 Å². The van der Waals surface area contributed by atoms with Gasteiger partial charge < -0.3 is 10.4 Å². The Labute approximate surface area is 124 Å². The molecule has 3 nitrogen and oxygen atoms in total. The molecule has 1 atom stereocenters. The summed E-state index contributed by atoms with van der Waals surface area (Å²) in [6.45, 7) is 5.86. The first kappa shape index (κ1) is 17.6. The van der Waals surface area contributed by atoms with Gasteiger partial charge in [0.25, 0.3) is 0 Å². The second kappa shape index (κ2) is 7.50. The zero-order valence-electron chi connectivity index (χ0n) is 12.7. The molecule has 1 amide bonds. The molecule has 0 spiro atoms. The smallest absolute Gasteiger partial charge is 0.224 e. The van der Waals surface area contributed by atoms with Gasteiger partial charge in [-0.2, -0.15) is 0 Å². The highest BCUT2D eigenvalue weighted by molar-refractivity contribution is 5.78. The van der Waals surface area contributed by atoms with Crippen molar-refractivity contribution in [1.82, 2.24) is 5.32 Å². The molecule has 5 heteroatoms. The highest BCUT2D eigenvalue weighted by Crippen LogP contribution is 2.16. The van der Waals surface area contributed by atoms with Crippen LogP contribution in [-0.4, -0.2) is 23.2 Å².